The zero-order valence-electron chi connectivity index (χ0n) is 7.94. The van der Waals surface area contributed by atoms with Gasteiger partial charge in [-0.25, -0.2) is 15.0 Å². The third kappa shape index (κ3) is 2.66. The largest absolute Gasteiger partial charge is 0.368 e. The second-order valence-corrected chi connectivity index (χ2v) is 3.38. The van der Waals surface area contributed by atoms with Crippen LogP contribution >= 0.6 is 11.6 Å². The van der Waals surface area contributed by atoms with E-state index in [-0.39, 0.29) is 0 Å². The maximum atomic E-state index is 5.88. The number of nitrogens with one attached hydrogen (secondary N) is 2. The van der Waals surface area contributed by atoms with Gasteiger partial charge in [0.25, 0.3) is 0 Å². The molecule has 0 bridgehead atoms. The molecule has 6 heteroatoms. The first-order valence-electron chi connectivity index (χ1n) is 4.53. The highest BCUT2D eigenvalue weighted by atomic mass is 35.5. The number of hydrogen-bond donors (Lipinski definition) is 2. The number of nitrogens with zero attached hydrogens (tertiary/aromatic N) is 3. The summed E-state index contributed by atoms with van der Waals surface area (Å²) in [5, 5.41) is 3.65. The molecule has 0 saturated carbocycles. The van der Waals surface area contributed by atoms with Crippen molar-refractivity contribution < 1.29 is 0 Å². The summed E-state index contributed by atoms with van der Waals surface area (Å²) in [6.45, 7) is 0.749. The molecule has 2 heterocycles. The molecule has 0 saturated heterocycles. The number of anilines is 1. The molecule has 0 radical (unpaired) electrons. The summed E-state index contributed by atoms with van der Waals surface area (Å²) >= 11 is 5.88. The van der Waals surface area contributed by atoms with Gasteiger partial charge >= 0.3 is 0 Å². The van der Waals surface area contributed by atoms with Gasteiger partial charge in [0.1, 0.15) is 17.2 Å². The van der Waals surface area contributed by atoms with E-state index < -0.39 is 0 Å². The summed E-state index contributed by atoms with van der Waals surface area (Å²) in [7, 11) is 0. The molecular formula is C9H10ClN5. The van der Waals surface area contributed by atoms with Gasteiger partial charge in [0.2, 0.25) is 0 Å². The number of hydrogen-bond acceptors (Lipinski definition) is 4. The van der Waals surface area contributed by atoms with Crippen molar-refractivity contribution in [2.75, 3.05) is 11.9 Å². The standard InChI is InChI=1S/C9H10ClN5/c10-8-4-12-6-15-9(8)13-2-1-7-3-11-5-14-7/h3-6H,1-2H2,(H,11,14)(H,12,13,15). The van der Waals surface area contributed by atoms with Crippen LogP contribution in [0.4, 0.5) is 5.82 Å². The summed E-state index contributed by atoms with van der Waals surface area (Å²) in [5.41, 5.74) is 1.08. The van der Waals surface area contributed by atoms with Crippen LogP contribution in [-0.4, -0.2) is 26.5 Å². The van der Waals surface area contributed by atoms with Crippen molar-refractivity contribution in [2.24, 2.45) is 0 Å². The van der Waals surface area contributed by atoms with Crippen molar-refractivity contribution in [3.63, 3.8) is 0 Å². The second kappa shape index (κ2) is 4.75. The minimum atomic E-state index is 0.530. The normalized spacial score (nSPS) is 10.2. The molecule has 0 amide bonds. The van der Waals surface area contributed by atoms with Gasteiger partial charge in [0, 0.05) is 24.9 Å². The van der Waals surface area contributed by atoms with E-state index in [2.05, 4.69) is 25.3 Å². The first-order chi connectivity index (χ1) is 7.36. The average Bonchev–Trinajstić information content (AvgIpc) is 2.74. The van der Waals surface area contributed by atoms with E-state index in [9.17, 15) is 0 Å². The van der Waals surface area contributed by atoms with E-state index in [1.807, 2.05) is 0 Å². The Kier molecular flexibility index (Phi) is 3.14. The number of aromatic nitrogens is 4. The van der Waals surface area contributed by atoms with E-state index in [0.29, 0.717) is 10.8 Å². The highest BCUT2D eigenvalue weighted by Crippen LogP contribution is 2.15. The van der Waals surface area contributed by atoms with Crippen molar-refractivity contribution in [1.29, 1.82) is 0 Å². The summed E-state index contributed by atoms with van der Waals surface area (Å²) in [6, 6.07) is 0. The Labute approximate surface area is 91.9 Å². The molecule has 15 heavy (non-hydrogen) atoms. The Balaban J connectivity index is 1.86. The lowest BCUT2D eigenvalue weighted by atomic mass is 10.3. The van der Waals surface area contributed by atoms with Gasteiger partial charge in [0.15, 0.2) is 0 Å². The molecule has 2 aromatic rings. The van der Waals surface area contributed by atoms with Crippen LogP contribution in [0.1, 0.15) is 5.69 Å². The molecule has 0 aliphatic rings. The topological polar surface area (TPSA) is 66.5 Å². The third-order valence-corrected chi connectivity index (χ3v) is 2.19. The van der Waals surface area contributed by atoms with Crippen LogP contribution in [0.2, 0.25) is 5.02 Å². The molecule has 0 spiro atoms. The highest BCUT2D eigenvalue weighted by Gasteiger charge is 2.00. The maximum Gasteiger partial charge on any atom is 0.148 e. The molecule has 0 aliphatic heterocycles. The fraction of sp³-hybridized carbons (Fsp3) is 0.222. The minimum absolute atomic E-state index is 0.530. The van der Waals surface area contributed by atoms with E-state index in [0.717, 1.165) is 18.7 Å². The van der Waals surface area contributed by atoms with Crippen LogP contribution < -0.4 is 5.32 Å². The van der Waals surface area contributed by atoms with Crippen molar-refractivity contribution in [2.45, 2.75) is 6.42 Å². The average molecular weight is 224 g/mol. The molecule has 0 fully saturated rings. The van der Waals surface area contributed by atoms with Crippen molar-refractivity contribution >= 4 is 17.4 Å². The van der Waals surface area contributed by atoms with Gasteiger partial charge in [0.05, 0.1) is 12.5 Å². The Morgan fingerprint density at radius 3 is 3.00 bits per heavy atom. The third-order valence-electron chi connectivity index (χ3n) is 1.91. The predicted molar refractivity (Wildman–Crippen MR) is 57.8 cm³/mol. The number of aromatic amines is 1. The Morgan fingerprint density at radius 1 is 1.33 bits per heavy atom. The summed E-state index contributed by atoms with van der Waals surface area (Å²) < 4.78 is 0. The second-order valence-electron chi connectivity index (χ2n) is 2.97. The van der Waals surface area contributed by atoms with Gasteiger partial charge in [-0.3, -0.25) is 0 Å². The SMILES string of the molecule is Clc1cncnc1NCCc1cnc[nH]1. The van der Waals surface area contributed by atoms with Gasteiger partial charge < -0.3 is 10.3 Å². The van der Waals surface area contributed by atoms with E-state index in [1.165, 1.54) is 6.33 Å². The molecule has 5 nitrogen and oxygen atoms in total. The smallest absolute Gasteiger partial charge is 0.148 e. The first-order valence-corrected chi connectivity index (χ1v) is 4.90. The highest BCUT2D eigenvalue weighted by molar-refractivity contribution is 6.32. The van der Waals surface area contributed by atoms with Crippen molar-refractivity contribution in [1.82, 2.24) is 19.9 Å². The zero-order valence-corrected chi connectivity index (χ0v) is 8.70. The van der Waals surface area contributed by atoms with Crippen molar-refractivity contribution in [3.8, 4) is 0 Å². The predicted octanol–water partition coefficient (Wildman–Crippen LogP) is 1.51. The maximum absolute atomic E-state index is 5.88. The molecule has 0 atom stereocenters. The lowest BCUT2D eigenvalue weighted by molar-refractivity contribution is 0.964. The number of rotatable bonds is 4. The van der Waals surface area contributed by atoms with Crippen molar-refractivity contribution in [3.05, 3.63) is 35.8 Å². The molecule has 2 N–H and O–H groups in total. The molecule has 78 valence electrons. The van der Waals surface area contributed by atoms with Crippen LogP contribution in [0.3, 0.4) is 0 Å². The Morgan fingerprint density at radius 2 is 2.27 bits per heavy atom. The number of H-pyrrole nitrogens is 1. The molecule has 0 aromatic carbocycles. The monoisotopic (exact) mass is 223 g/mol. The van der Waals surface area contributed by atoms with Gasteiger partial charge in [-0.15, -0.1) is 0 Å². The minimum Gasteiger partial charge on any atom is -0.368 e. The van der Waals surface area contributed by atoms with Gasteiger partial charge in [-0.05, 0) is 0 Å². The number of halogens is 1. The van der Waals surface area contributed by atoms with E-state index in [4.69, 9.17) is 11.6 Å². The fourth-order valence-electron chi connectivity index (χ4n) is 1.18. The van der Waals surface area contributed by atoms with Crippen LogP contribution in [0.25, 0.3) is 0 Å². The number of imidazole rings is 1. The molecule has 2 rings (SSSR count). The fourth-order valence-corrected chi connectivity index (χ4v) is 1.35. The zero-order chi connectivity index (χ0) is 10.5. The molecular weight excluding hydrogens is 214 g/mol. The van der Waals surface area contributed by atoms with Crippen LogP contribution in [-0.2, 0) is 6.42 Å². The molecule has 0 unspecified atom stereocenters. The van der Waals surface area contributed by atoms with E-state index >= 15 is 0 Å². The molecule has 2 aromatic heterocycles. The summed E-state index contributed by atoms with van der Waals surface area (Å²) in [4.78, 5) is 14.8. The van der Waals surface area contributed by atoms with Gasteiger partial charge in [-0.2, -0.15) is 0 Å². The lowest BCUT2D eigenvalue weighted by Gasteiger charge is -2.04. The summed E-state index contributed by atoms with van der Waals surface area (Å²) in [5.74, 6) is 0.659. The first kappa shape index (κ1) is 9.92. The van der Waals surface area contributed by atoms with Gasteiger partial charge in [-0.1, -0.05) is 11.6 Å². The molecule has 0 aliphatic carbocycles. The Hall–Kier alpha value is -1.62. The Bertz CT molecular complexity index is 414. The van der Waals surface area contributed by atoms with Crippen LogP contribution in [0, 0.1) is 0 Å². The van der Waals surface area contributed by atoms with E-state index in [1.54, 1.807) is 18.7 Å². The van der Waals surface area contributed by atoms with Crippen LogP contribution in [0.5, 0.6) is 0 Å². The quantitative estimate of drug-likeness (QED) is 0.825. The summed E-state index contributed by atoms with van der Waals surface area (Å²) in [6.07, 6.45) is 7.33. The van der Waals surface area contributed by atoms with Crippen LogP contribution in [0.15, 0.2) is 25.0 Å². The lowest BCUT2D eigenvalue weighted by Crippen LogP contribution is -2.07.